The third-order valence-corrected chi connectivity index (χ3v) is 5.07. The van der Waals surface area contributed by atoms with Gasteiger partial charge in [-0.05, 0) is 37.1 Å². The molecule has 1 aliphatic rings. The van der Waals surface area contributed by atoms with Crippen molar-refractivity contribution in [2.45, 2.75) is 18.8 Å². The molecule has 0 atom stereocenters. The number of benzene rings is 2. The summed E-state index contributed by atoms with van der Waals surface area (Å²) in [4.78, 5) is 12.8. The number of ether oxygens (including phenoxy) is 1. The lowest BCUT2D eigenvalue weighted by atomic mass is 9.94. The molecule has 4 rings (SSSR count). The smallest absolute Gasteiger partial charge is 0.255 e. The second-order valence-corrected chi connectivity index (χ2v) is 7.01. The molecule has 2 heterocycles. The number of anilines is 1. The second-order valence-electron chi connectivity index (χ2n) is 6.57. The number of carbonyl (C=O) groups excluding carboxylic acids is 1. The maximum Gasteiger partial charge on any atom is 0.255 e. The molecule has 0 radical (unpaired) electrons. The second kappa shape index (κ2) is 7.94. The van der Waals surface area contributed by atoms with Gasteiger partial charge < -0.3 is 10.1 Å². The topological polar surface area (TPSA) is 67.0 Å². The van der Waals surface area contributed by atoms with Crippen LogP contribution in [-0.2, 0) is 4.74 Å². The van der Waals surface area contributed by atoms with E-state index in [2.05, 4.69) is 15.5 Å². The molecule has 0 unspecified atom stereocenters. The zero-order chi connectivity index (χ0) is 18.6. The van der Waals surface area contributed by atoms with Crippen molar-refractivity contribution in [1.82, 2.24) is 10.2 Å². The Kier molecular flexibility index (Phi) is 5.23. The molecule has 6 heteroatoms. The van der Waals surface area contributed by atoms with Crippen LogP contribution in [0.5, 0.6) is 0 Å². The molecule has 27 heavy (non-hydrogen) atoms. The summed E-state index contributed by atoms with van der Waals surface area (Å²) >= 11 is 5.93. The van der Waals surface area contributed by atoms with Crippen LogP contribution >= 0.6 is 11.6 Å². The highest BCUT2D eigenvalue weighted by molar-refractivity contribution is 6.30. The summed E-state index contributed by atoms with van der Waals surface area (Å²) in [6.07, 6.45) is 1.81. The average Bonchev–Trinajstić information content (AvgIpc) is 3.13. The molecule has 0 aliphatic carbocycles. The molecule has 1 fully saturated rings. The van der Waals surface area contributed by atoms with Crippen molar-refractivity contribution in [3.63, 3.8) is 0 Å². The largest absolute Gasteiger partial charge is 0.381 e. The van der Waals surface area contributed by atoms with Gasteiger partial charge in [0.2, 0.25) is 0 Å². The van der Waals surface area contributed by atoms with Gasteiger partial charge in [-0.25, -0.2) is 0 Å². The van der Waals surface area contributed by atoms with Crippen molar-refractivity contribution in [2.75, 3.05) is 18.5 Å². The Labute approximate surface area is 162 Å². The van der Waals surface area contributed by atoms with E-state index in [1.165, 1.54) is 0 Å². The number of rotatable bonds is 4. The van der Waals surface area contributed by atoms with Crippen LogP contribution < -0.4 is 5.32 Å². The van der Waals surface area contributed by atoms with Crippen LogP contribution in [0.1, 0.15) is 34.8 Å². The van der Waals surface area contributed by atoms with Crippen molar-refractivity contribution in [2.24, 2.45) is 0 Å². The van der Waals surface area contributed by atoms with Crippen LogP contribution in [0.4, 0.5) is 5.69 Å². The van der Waals surface area contributed by atoms with Gasteiger partial charge in [-0.2, -0.15) is 5.10 Å². The number of halogens is 1. The molecule has 138 valence electrons. The van der Waals surface area contributed by atoms with Crippen LogP contribution in [0.15, 0.2) is 54.6 Å². The first kappa shape index (κ1) is 17.8. The van der Waals surface area contributed by atoms with E-state index in [1.807, 2.05) is 30.3 Å². The van der Waals surface area contributed by atoms with Gasteiger partial charge in [0.25, 0.3) is 5.91 Å². The SMILES string of the molecule is O=C(Nc1c(-c2ccccc2)n[nH]c1C1CCOCC1)c1ccc(Cl)cc1. The van der Waals surface area contributed by atoms with Gasteiger partial charge in [-0.15, -0.1) is 0 Å². The predicted octanol–water partition coefficient (Wildman–Crippen LogP) is 4.88. The van der Waals surface area contributed by atoms with Gasteiger partial charge in [0.15, 0.2) is 0 Å². The first-order valence-corrected chi connectivity index (χ1v) is 9.38. The van der Waals surface area contributed by atoms with E-state index in [1.54, 1.807) is 24.3 Å². The molecule has 1 saturated heterocycles. The summed E-state index contributed by atoms with van der Waals surface area (Å²) in [5, 5.41) is 11.4. The predicted molar refractivity (Wildman–Crippen MR) is 106 cm³/mol. The summed E-state index contributed by atoms with van der Waals surface area (Å²) in [6.45, 7) is 1.43. The maximum absolute atomic E-state index is 12.8. The Balaban J connectivity index is 1.70. The Bertz CT molecular complexity index is 916. The molecule has 0 spiro atoms. The fraction of sp³-hybridized carbons (Fsp3) is 0.238. The molecule has 0 bridgehead atoms. The minimum atomic E-state index is -0.182. The quantitative estimate of drug-likeness (QED) is 0.677. The number of aromatic amines is 1. The average molecular weight is 382 g/mol. The van der Waals surface area contributed by atoms with Crippen molar-refractivity contribution < 1.29 is 9.53 Å². The standard InChI is InChI=1S/C21H20ClN3O2/c22-17-8-6-16(7-9-17)21(26)23-20-18(14-4-2-1-3-5-14)24-25-19(20)15-10-12-27-13-11-15/h1-9,15H,10-13H2,(H,23,26)(H,24,25). The first-order valence-electron chi connectivity index (χ1n) is 9.00. The number of carbonyl (C=O) groups is 1. The third kappa shape index (κ3) is 3.89. The number of hydrogen-bond acceptors (Lipinski definition) is 3. The van der Waals surface area contributed by atoms with E-state index in [0.717, 1.165) is 48.7 Å². The Morgan fingerprint density at radius 1 is 1.07 bits per heavy atom. The lowest BCUT2D eigenvalue weighted by molar-refractivity contribution is 0.0846. The lowest BCUT2D eigenvalue weighted by Gasteiger charge is -2.22. The number of aromatic nitrogens is 2. The van der Waals surface area contributed by atoms with E-state index in [0.29, 0.717) is 10.6 Å². The number of nitrogens with zero attached hydrogens (tertiary/aromatic N) is 1. The highest BCUT2D eigenvalue weighted by atomic mass is 35.5. The van der Waals surface area contributed by atoms with Gasteiger partial charge in [0.05, 0.1) is 11.4 Å². The normalized spacial score (nSPS) is 14.9. The molecule has 2 aromatic carbocycles. The molecule has 1 aromatic heterocycles. The van der Waals surface area contributed by atoms with Crippen LogP contribution in [0.25, 0.3) is 11.3 Å². The Hall–Kier alpha value is -2.63. The van der Waals surface area contributed by atoms with Crippen LogP contribution in [0, 0.1) is 0 Å². The van der Waals surface area contributed by atoms with Gasteiger partial charge in [0, 0.05) is 35.3 Å². The first-order chi connectivity index (χ1) is 13.2. The maximum atomic E-state index is 12.8. The highest BCUT2D eigenvalue weighted by Gasteiger charge is 2.25. The third-order valence-electron chi connectivity index (χ3n) is 4.82. The van der Waals surface area contributed by atoms with Gasteiger partial charge in [0.1, 0.15) is 5.69 Å². The van der Waals surface area contributed by atoms with E-state index in [9.17, 15) is 4.79 Å². The fourth-order valence-electron chi connectivity index (χ4n) is 3.36. The Morgan fingerprint density at radius 2 is 1.78 bits per heavy atom. The molecule has 5 nitrogen and oxygen atoms in total. The molecule has 0 saturated carbocycles. The molecular weight excluding hydrogens is 362 g/mol. The molecule has 1 amide bonds. The van der Waals surface area contributed by atoms with Crippen molar-refractivity contribution >= 4 is 23.2 Å². The van der Waals surface area contributed by atoms with Crippen LogP contribution in [0.2, 0.25) is 5.02 Å². The summed E-state index contributed by atoms with van der Waals surface area (Å²) in [7, 11) is 0. The van der Waals surface area contributed by atoms with E-state index in [-0.39, 0.29) is 11.8 Å². The summed E-state index contributed by atoms with van der Waals surface area (Å²) in [5.41, 5.74) is 3.96. The molecule has 2 N–H and O–H groups in total. The van der Waals surface area contributed by atoms with Gasteiger partial charge in [-0.1, -0.05) is 41.9 Å². The lowest BCUT2D eigenvalue weighted by Crippen LogP contribution is -2.18. The number of H-pyrrole nitrogens is 1. The van der Waals surface area contributed by atoms with Gasteiger partial charge in [-0.3, -0.25) is 9.89 Å². The van der Waals surface area contributed by atoms with Crippen molar-refractivity contribution in [3.8, 4) is 11.3 Å². The van der Waals surface area contributed by atoms with Gasteiger partial charge >= 0.3 is 0 Å². The molecular formula is C21H20ClN3O2. The monoisotopic (exact) mass is 381 g/mol. The Morgan fingerprint density at radius 3 is 2.48 bits per heavy atom. The van der Waals surface area contributed by atoms with Crippen molar-refractivity contribution in [1.29, 1.82) is 0 Å². The van der Waals surface area contributed by atoms with E-state index < -0.39 is 0 Å². The minimum absolute atomic E-state index is 0.182. The van der Waals surface area contributed by atoms with E-state index >= 15 is 0 Å². The summed E-state index contributed by atoms with van der Waals surface area (Å²) in [6, 6.07) is 16.7. The zero-order valence-electron chi connectivity index (χ0n) is 14.7. The zero-order valence-corrected chi connectivity index (χ0v) is 15.5. The van der Waals surface area contributed by atoms with Crippen LogP contribution in [0.3, 0.4) is 0 Å². The fourth-order valence-corrected chi connectivity index (χ4v) is 3.48. The summed E-state index contributed by atoms with van der Waals surface area (Å²) in [5.74, 6) is 0.0998. The number of amides is 1. The van der Waals surface area contributed by atoms with Crippen molar-refractivity contribution in [3.05, 3.63) is 70.9 Å². The minimum Gasteiger partial charge on any atom is -0.381 e. The molecule has 1 aliphatic heterocycles. The summed E-state index contributed by atoms with van der Waals surface area (Å²) < 4.78 is 5.48. The number of nitrogens with one attached hydrogen (secondary N) is 2. The molecule has 3 aromatic rings. The van der Waals surface area contributed by atoms with E-state index in [4.69, 9.17) is 16.3 Å². The number of hydrogen-bond donors (Lipinski definition) is 2. The van der Waals surface area contributed by atoms with Crippen LogP contribution in [-0.4, -0.2) is 29.3 Å². The highest BCUT2D eigenvalue weighted by Crippen LogP contribution is 2.37.